The quantitative estimate of drug-likeness (QED) is 0.609. The van der Waals surface area contributed by atoms with Gasteiger partial charge in [-0.3, -0.25) is 0 Å². The van der Waals surface area contributed by atoms with Gasteiger partial charge in [0.15, 0.2) is 0 Å². The van der Waals surface area contributed by atoms with Crippen LogP contribution in [0.3, 0.4) is 0 Å². The summed E-state index contributed by atoms with van der Waals surface area (Å²) in [7, 11) is 0. The molecule has 0 spiro atoms. The van der Waals surface area contributed by atoms with Crippen LogP contribution in [0.2, 0.25) is 0 Å². The normalized spacial score (nSPS) is 20.2. The van der Waals surface area contributed by atoms with Crippen LogP contribution in [-0.2, 0) is 0 Å². The molecule has 0 saturated heterocycles. The summed E-state index contributed by atoms with van der Waals surface area (Å²) >= 11 is 1.76. The van der Waals surface area contributed by atoms with E-state index >= 15 is 0 Å². The molecular formula is C11H12S. The Morgan fingerprint density at radius 3 is 3.08 bits per heavy atom. The van der Waals surface area contributed by atoms with E-state index in [1.54, 1.807) is 11.3 Å². The Bertz CT molecular complexity index is 291. The molecule has 1 aromatic heterocycles. The maximum Gasteiger partial charge on any atom is -0.00207 e. The highest BCUT2D eigenvalue weighted by molar-refractivity contribution is 7.08. The molecule has 0 saturated carbocycles. The van der Waals surface area contributed by atoms with Gasteiger partial charge in [0.2, 0.25) is 0 Å². The van der Waals surface area contributed by atoms with E-state index in [2.05, 4.69) is 35.1 Å². The monoisotopic (exact) mass is 176 g/mol. The third kappa shape index (κ3) is 1.86. The Hall–Kier alpha value is -0.820. The second-order valence-electron chi connectivity index (χ2n) is 3.07. The Kier molecular flexibility index (Phi) is 2.42. The van der Waals surface area contributed by atoms with Crippen molar-refractivity contribution in [3.8, 4) is 0 Å². The lowest BCUT2D eigenvalue weighted by atomic mass is 10.0. The van der Waals surface area contributed by atoms with Crippen LogP contribution in [0.25, 0.3) is 6.08 Å². The zero-order valence-corrected chi connectivity index (χ0v) is 7.81. The fourth-order valence-electron chi connectivity index (χ4n) is 1.43. The summed E-state index contributed by atoms with van der Waals surface area (Å²) in [5.74, 6) is 0. The fourth-order valence-corrected chi connectivity index (χ4v) is 2.05. The molecular weight excluding hydrogens is 164 g/mol. The van der Waals surface area contributed by atoms with Crippen LogP contribution in [0.15, 0.2) is 34.6 Å². The highest BCUT2D eigenvalue weighted by Crippen LogP contribution is 2.19. The number of allylic oxidation sites excluding steroid dienone is 3. The Labute approximate surface area is 77.2 Å². The number of rotatable bonds is 1. The van der Waals surface area contributed by atoms with Gasteiger partial charge in [0.25, 0.3) is 0 Å². The predicted molar refractivity (Wildman–Crippen MR) is 55.3 cm³/mol. The van der Waals surface area contributed by atoms with Crippen LogP contribution in [0, 0.1) is 0 Å². The zero-order valence-electron chi connectivity index (χ0n) is 6.99. The lowest BCUT2D eigenvalue weighted by Gasteiger charge is -2.05. The molecule has 2 rings (SSSR count). The van der Waals surface area contributed by atoms with E-state index in [4.69, 9.17) is 0 Å². The first kappa shape index (κ1) is 7.81. The van der Waals surface area contributed by atoms with Gasteiger partial charge >= 0.3 is 0 Å². The molecule has 12 heavy (non-hydrogen) atoms. The average Bonchev–Trinajstić information content (AvgIpc) is 2.59. The lowest BCUT2D eigenvalue weighted by molar-refractivity contribution is 0.825. The van der Waals surface area contributed by atoms with Crippen molar-refractivity contribution in [3.63, 3.8) is 0 Å². The van der Waals surface area contributed by atoms with Gasteiger partial charge in [-0.1, -0.05) is 18.2 Å². The van der Waals surface area contributed by atoms with Gasteiger partial charge in [0, 0.05) is 0 Å². The maximum absolute atomic E-state index is 2.28. The van der Waals surface area contributed by atoms with Crippen LogP contribution in [0.1, 0.15) is 24.8 Å². The van der Waals surface area contributed by atoms with E-state index in [-0.39, 0.29) is 0 Å². The van der Waals surface area contributed by atoms with Crippen molar-refractivity contribution in [3.05, 3.63) is 40.1 Å². The van der Waals surface area contributed by atoms with Crippen molar-refractivity contribution >= 4 is 17.4 Å². The molecule has 0 radical (unpaired) electrons. The van der Waals surface area contributed by atoms with E-state index in [1.165, 1.54) is 30.4 Å². The van der Waals surface area contributed by atoms with E-state index in [0.29, 0.717) is 0 Å². The van der Waals surface area contributed by atoms with Crippen molar-refractivity contribution in [1.29, 1.82) is 0 Å². The van der Waals surface area contributed by atoms with Gasteiger partial charge in [-0.15, -0.1) is 0 Å². The molecule has 0 nitrogen and oxygen atoms in total. The minimum Gasteiger partial charge on any atom is -0.152 e. The highest BCUT2D eigenvalue weighted by atomic mass is 32.1. The molecule has 0 amide bonds. The van der Waals surface area contributed by atoms with E-state index in [0.717, 1.165) is 0 Å². The number of thiophene rings is 1. The molecule has 0 aliphatic heterocycles. The molecule has 0 aromatic carbocycles. The van der Waals surface area contributed by atoms with Gasteiger partial charge in [0.1, 0.15) is 0 Å². The molecule has 1 aromatic rings. The Morgan fingerprint density at radius 2 is 2.42 bits per heavy atom. The van der Waals surface area contributed by atoms with Crippen molar-refractivity contribution in [2.75, 3.05) is 0 Å². The third-order valence-electron chi connectivity index (χ3n) is 2.06. The lowest BCUT2D eigenvalue weighted by Crippen LogP contribution is -1.85. The molecule has 0 atom stereocenters. The summed E-state index contributed by atoms with van der Waals surface area (Å²) in [6, 6.07) is 2.17. The molecule has 1 heteroatoms. The second-order valence-corrected chi connectivity index (χ2v) is 3.85. The van der Waals surface area contributed by atoms with Gasteiger partial charge in [-0.2, -0.15) is 11.3 Å². The second kappa shape index (κ2) is 3.72. The maximum atomic E-state index is 2.28. The van der Waals surface area contributed by atoms with E-state index in [1.807, 2.05) is 0 Å². The van der Waals surface area contributed by atoms with Crippen LogP contribution in [-0.4, -0.2) is 0 Å². The molecule has 0 fully saturated rings. The van der Waals surface area contributed by atoms with Gasteiger partial charge in [-0.25, -0.2) is 0 Å². The van der Waals surface area contributed by atoms with Crippen LogP contribution in [0.4, 0.5) is 0 Å². The van der Waals surface area contributed by atoms with Gasteiger partial charge in [-0.05, 0) is 47.2 Å². The summed E-state index contributed by atoms with van der Waals surface area (Å²) in [6.07, 6.45) is 10.6. The first-order chi connectivity index (χ1) is 5.95. The van der Waals surface area contributed by atoms with Crippen molar-refractivity contribution in [1.82, 2.24) is 0 Å². The molecule has 1 aliphatic carbocycles. The highest BCUT2D eigenvalue weighted by Gasteiger charge is 1.98. The molecule has 1 aliphatic rings. The average molecular weight is 176 g/mol. The van der Waals surface area contributed by atoms with Gasteiger partial charge < -0.3 is 0 Å². The molecule has 0 N–H and O–H groups in total. The predicted octanol–water partition coefficient (Wildman–Crippen LogP) is 3.87. The fraction of sp³-hybridized carbons (Fsp3) is 0.273. The van der Waals surface area contributed by atoms with Crippen LogP contribution in [0.5, 0.6) is 0 Å². The van der Waals surface area contributed by atoms with Crippen LogP contribution < -0.4 is 0 Å². The van der Waals surface area contributed by atoms with Crippen LogP contribution >= 0.6 is 11.3 Å². The molecule has 0 bridgehead atoms. The minimum absolute atomic E-state index is 1.24. The Morgan fingerprint density at radius 1 is 1.42 bits per heavy atom. The van der Waals surface area contributed by atoms with Crippen molar-refractivity contribution < 1.29 is 0 Å². The SMILES string of the molecule is C1=C/C(=C/c2ccsc2)CCC1. The largest absolute Gasteiger partial charge is 0.152 e. The van der Waals surface area contributed by atoms with E-state index in [9.17, 15) is 0 Å². The zero-order chi connectivity index (χ0) is 8.23. The van der Waals surface area contributed by atoms with Crippen molar-refractivity contribution in [2.24, 2.45) is 0 Å². The van der Waals surface area contributed by atoms with Crippen molar-refractivity contribution in [2.45, 2.75) is 19.3 Å². The molecule has 62 valence electrons. The summed E-state index contributed by atoms with van der Waals surface area (Å²) in [5, 5.41) is 4.31. The molecule has 0 unspecified atom stereocenters. The topological polar surface area (TPSA) is 0 Å². The summed E-state index contributed by atoms with van der Waals surface area (Å²) in [6.45, 7) is 0. The number of hydrogen-bond donors (Lipinski definition) is 0. The first-order valence-corrected chi connectivity index (χ1v) is 5.29. The first-order valence-electron chi connectivity index (χ1n) is 4.34. The summed E-state index contributed by atoms with van der Waals surface area (Å²) in [4.78, 5) is 0. The minimum atomic E-state index is 1.24. The van der Waals surface area contributed by atoms with E-state index < -0.39 is 0 Å². The third-order valence-corrected chi connectivity index (χ3v) is 2.76. The summed E-state index contributed by atoms with van der Waals surface area (Å²) in [5.41, 5.74) is 2.82. The molecule has 1 heterocycles. The standard InChI is InChI=1S/C11H12S/c1-2-4-10(5-3-1)8-11-6-7-12-9-11/h2,4,6-9H,1,3,5H2/b10-8-. The van der Waals surface area contributed by atoms with Gasteiger partial charge in [0.05, 0.1) is 0 Å². The smallest absolute Gasteiger partial charge is 0.00207 e. The summed E-state index contributed by atoms with van der Waals surface area (Å²) < 4.78 is 0. The number of hydrogen-bond acceptors (Lipinski definition) is 1. The Balaban J connectivity index is 2.17.